The van der Waals surface area contributed by atoms with Crippen molar-refractivity contribution < 1.29 is 24.3 Å². The van der Waals surface area contributed by atoms with E-state index in [4.69, 9.17) is 10.2 Å². The van der Waals surface area contributed by atoms with E-state index in [1.807, 2.05) is 0 Å². The fourth-order valence-electron chi connectivity index (χ4n) is 0.847. The summed E-state index contributed by atoms with van der Waals surface area (Å²) in [6.07, 6.45) is 0. The maximum Gasteiger partial charge on any atom is 0.381 e. The Morgan fingerprint density at radius 1 is 1.29 bits per heavy atom. The van der Waals surface area contributed by atoms with Gasteiger partial charge in [0.05, 0.1) is 27.7 Å². The van der Waals surface area contributed by atoms with Gasteiger partial charge in [-0.05, 0) is 0 Å². The van der Waals surface area contributed by atoms with Gasteiger partial charge in [0.25, 0.3) is 0 Å². The van der Waals surface area contributed by atoms with Crippen molar-refractivity contribution in [1.29, 1.82) is 0 Å². The third kappa shape index (κ3) is 2.68. The first-order valence-electron chi connectivity index (χ1n) is 4.13. The molecule has 0 rings (SSSR count). The summed E-state index contributed by atoms with van der Waals surface area (Å²) in [4.78, 5) is 21.3. The van der Waals surface area contributed by atoms with Crippen molar-refractivity contribution in [1.82, 2.24) is 5.32 Å². The van der Waals surface area contributed by atoms with Gasteiger partial charge in [0.1, 0.15) is 0 Å². The molecule has 6 heteroatoms. The maximum absolute atomic E-state index is 11.0. The number of carbonyl (C=O) groups is 2. The van der Waals surface area contributed by atoms with Gasteiger partial charge in [-0.3, -0.25) is 4.79 Å². The lowest BCUT2D eigenvalue weighted by molar-refractivity contribution is -0.915. The molecular formula is C8H17N2O4+. The second kappa shape index (κ2) is 3.93. The molecule has 0 fully saturated rings. The van der Waals surface area contributed by atoms with Crippen molar-refractivity contribution in [2.45, 2.75) is 12.6 Å². The lowest BCUT2D eigenvalue weighted by atomic mass is 10.1. The third-order valence-corrected chi connectivity index (χ3v) is 2.34. The molecule has 0 heterocycles. The molecule has 82 valence electrons. The molecule has 0 aliphatic carbocycles. The van der Waals surface area contributed by atoms with Gasteiger partial charge in [-0.1, -0.05) is 0 Å². The summed E-state index contributed by atoms with van der Waals surface area (Å²) in [6, 6.07) is 0. The van der Waals surface area contributed by atoms with Gasteiger partial charge in [-0.25, -0.2) is 10.1 Å². The molecule has 0 aromatic rings. The Morgan fingerprint density at radius 2 is 1.71 bits per heavy atom. The van der Waals surface area contributed by atoms with Crippen LogP contribution in [-0.4, -0.2) is 60.0 Å². The van der Waals surface area contributed by atoms with Crippen molar-refractivity contribution in [3.63, 3.8) is 0 Å². The van der Waals surface area contributed by atoms with E-state index in [9.17, 15) is 9.59 Å². The summed E-state index contributed by atoms with van der Waals surface area (Å²) in [6.45, 7) is 1.08. The standard InChI is InChI=1S/C8H16N2O4/c1-8(7(13)14,10(2,3)4)9-5-6(11)12/h9H,5H2,1-4H3,(H-,11,12,13,14)/p+1. The fourth-order valence-corrected chi connectivity index (χ4v) is 0.847. The molecule has 1 unspecified atom stereocenters. The second-order valence-electron chi connectivity index (χ2n) is 4.14. The highest BCUT2D eigenvalue weighted by atomic mass is 16.4. The van der Waals surface area contributed by atoms with Crippen LogP contribution in [-0.2, 0) is 9.59 Å². The molecule has 0 aromatic carbocycles. The predicted molar refractivity (Wildman–Crippen MR) is 49.7 cm³/mol. The molecule has 0 aliphatic heterocycles. The number of likely N-dealkylation sites (N-methyl/N-ethyl adjacent to an activating group) is 1. The second-order valence-corrected chi connectivity index (χ2v) is 4.14. The Labute approximate surface area is 82.7 Å². The Balaban J connectivity index is 4.75. The first-order chi connectivity index (χ1) is 6.11. The average Bonchev–Trinajstić information content (AvgIpc) is 1.97. The molecule has 0 aliphatic rings. The Bertz CT molecular complexity index is 246. The van der Waals surface area contributed by atoms with E-state index in [1.54, 1.807) is 21.1 Å². The molecule has 0 aromatic heterocycles. The van der Waals surface area contributed by atoms with Gasteiger partial charge < -0.3 is 14.7 Å². The van der Waals surface area contributed by atoms with E-state index in [-0.39, 0.29) is 11.0 Å². The van der Waals surface area contributed by atoms with Gasteiger partial charge in [-0.2, -0.15) is 0 Å². The molecule has 0 amide bonds. The third-order valence-electron chi connectivity index (χ3n) is 2.34. The monoisotopic (exact) mass is 205 g/mol. The van der Waals surface area contributed by atoms with Crippen molar-refractivity contribution >= 4 is 11.9 Å². The fraction of sp³-hybridized carbons (Fsp3) is 0.750. The van der Waals surface area contributed by atoms with E-state index < -0.39 is 17.6 Å². The van der Waals surface area contributed by atoms with Crippen LogP contribution in [0.3, 0.4) is 0 Å². The first-order valence-corrected chi connectivity index (χ1v) is 4.13. The Kier molecular flexibility index (Phi) is 3.61. The maximum atomic E-state index is 11.0. The van der Waals surface area contributed by atoms with E-state index in [2.05, 4.69) is 5.32 Å². The SMILES string of the molecule is CC(NCC(=O)O)(C(=O)O)[N+](C)(C)C. The Hall–Kier alpha value is -1.14. The number of nitrogens with one attached hydrogen (secondary N) is 1. The van der Waals surface area contributed by atoms with E-state index in [0.717, 1.165) is 0 Å². The van der Waals surface area contributed by atoms with Crippen molar-refractivity contribution in [3.05, 3.63) is 0 Å². The van der Waals surface area contributed by atoms with E-state index in [1.165, 1.54) is 6.92 Å². The van der Waals surface area contributed by atoms with Crippen LogP contribution in [0.5, 0.6) is 0 Å². The van der Waals surface area contributed by atoms with Crippen LogP contribution >= 0.6 is 0 Å². The van der Waals surface area contributed by atoms with Gasteiger partial charge in [-0.15, -0.1) is 0 Å². The lowest BCUT2D eigenvalue weighted by Crippen LogP contribution is -2.68. The number of hydrogen-bond acceptors (Lipinski definition) is 3. The number of nitrogens with zero attached hydrogens (tertiary/aromatic N) is 1. The van der Waals surface area contributed by atoms with Crippen LogP contribution in [0.1, 0.15) is 6.92 Å². The van der Waals surface area contributed by atoms with Gasteiger partial charge in [0.2, 0.25) is 5.66 Å². The molecule has 6 nitrogen and oxygen atoms in total. The molecular weight excluding hydrogens is 188 g/mol. The molecule has 3 N–H and O–H groups in total. The zero-order chi connectivity index (χ0) is 11.6. The van der Waals surface area contributed by atoms with E-state index in [0.29, 0.717) is 0 Å². The van der Waals surface area contributed by atoms with Crippen LogP contribution in [0.2, 0.25) is 0 Å². The highest BCUT2D eigenvalue weighted by Crippen LogP contribution is 2.14. The topological polar surface area (TPSA) is 86.6 Å². The summed E-state index contributed by atoms with van der Waals surface area (Å²) in [7, 11) is 5.05. The first kappa shape index (κ1) is 12.9. The molecule has 1 atom stereocenters. The van der Waals surface area contributed by atoms with Gasteiger partial charge >= 0.3 is 11.9 Å². The smallest absolute Gasteiger partial charge is 0.381 e. The minimum Gasteiger partial charge on any atom is -0.480 e. The lowest BCUT2D eigenvalue weighted by Gasteiger charge is -2.40. The Morgan fingerprint density at radius 3 is 1.93 bits per heavy atom. The van der Waals surface area contributed by atoms with Crippen LogP contribution < -0.4 is 5.32 Å². The highest BCUT2D eigenvalue weighted by Gasteiger charge is 2.46. The average molecular weight is 205 g/mol. The molecule has 0 radical (unpaired) electrons. The normalized spacial score (nSPS) is 16.0. The predicted octanol–water partition coefficient (Wildman–Crippen LogP) is -0.832. The number of carboxylic acids is 2. The van der Waals surface area contributed by atoms with E-state index >= 15 is 0 Å². The van der Waals surface area contributed by atoms with Crippen LogP contribution in [0, 0.1) is 0 Å². The largest absolute Gasteiger partial charge is 0.480 e. The minimum absolute atomic E-state index is 0.0929. The summed E-state index contributed by atoms with van der Waals surface area (Å²) in [5.74, 6) is -2.16. The number of rotatable bonds is 5. The summed E-state index contributed by atoms with van der Waals surface area (Å²) >= 11 is 0. The summed E-state index contributed by atoms with van der Waals surface area (Å²) in [5, 5.41) is 20.0. The van der Waals surface area contributed by atoms with Gasteiger partial charge in [0, 0.05) is 6.92 Å². The molecule has 0 bridgehead atoms. The summed E-state index contributed by atoms with van der Waals surface area (Å²) in [5.41, 5.74) is -1.31. The number of hydrogen-bond donors (Lipinski definition) is 3. The highest BCUT2D eigenvalue weighted by molar-refractivity contribution is 5.77. The molecule has 0 spiro atoms. The number of carboxylic acid groups (broad SMARTS) is 2. The molecule has 0 saturated carbocycles. The molecule has 0 saturated heterocycles. The van der Waals surface area contributed by atoms with Crippen LogP contribution in [0.25, 0.3) is 0 Å². The van der Waals surface area contributed by atoms with Crippen LogP contribution in [0.15, 0.2) is 0 Å². The zero-order valence-electron chi connectivity index (χ0n) is 8.87. The number of aliphatic carboxylic acids is 2. The van der Waals surface area contributed by atoms with Crippen LogP contribution in [0.4, 0.5) is 0 Å². The van der Waals surface area contributed by atoms with Crippen molar-refractivity contribution in [3.8, 4) is 0 Å². The quantitative estimate of drug-likeness (QED) is 0.403. The van der Waals surface area contributed by atoms with Crippen molar-refractivity contribution in [2.75, 3.05) is 27.7 Å². The summed E-state index contributed by atoms with van der Waals surface area (Å²) < 4.78 is 0.0929. The van der Waals surface area contributed by atoms with Gasteiger partial charge in [0.15, 0.2) is 0 Å². The molecule has 14 heavy (non-hydrogen) atoms. The number of quaternary nitrogens is 1. The minimum atomic E-state index is -1.31. The zero-order valence-corrected chi connectivity index (χ0v) is 8.87. The van der Waals surface area contributed by atoms with Crippen molar-refractivity contribution in [2.24, 2.45) is 0 Å².